The van der Waals surface area contributed by atoms with Crippen molar-refractivity contribution in [3.8, 4) is 0 Å². The number of thioether (sulfide) groups is 1. The van der Waals surface area contributed by atoms with Gasteiger partial charge >= 0.3 is 0 Å². The Morgan fingerprint density at radius 1 is 1.20 bits per heavy atom. The van der Waals surface area contributed by atoms with Crippen LogP contribution in [0.1, 0.15) is 11.1 Å². The van der Waals surface area contributed by atoms with Crippen molar-refractivity contribution in [1.82, 2.24) is 0 Å². The molecule has 1 radical (unpaired) electrons. The van der Waals surface area contributed by atoms with Gasteiger partial charge in [-0.25, -0.2) is 8.42 Å². The van der Waals surface area contributed by atoms with Crippen LogP contribution in [0.15, 0.2) is 51.8 Å². The molecular weight excluding hydrogens is 476 g/mol. The molecule has 0 unspecified atom stereocenters. The van der Waals surface area contributed by atoms with Crippen LogP contribution in [0.4, 0.5) is 0 Å². The maximum absolute atomic E-state index is 12.1. The maximum atomic E-state index is 12.1. The van der Waals surface area contributed by atoms with Gasteiger partial charge in [0, 0.05) is 32.7 Å². The number of rotatable bonds is 5. The van der Waals surface area contributed by atoms with E-state index in [4.69, 9.17) is 28.9 Å². The Bertz CT molecular complexity index is 874. The smallest absolute Gasteiger partial charge is 0.202 e. The molecule has 0 bridgehead atoms. The topological polar surface area (TPSA) is 70.3 Å². The van der Waals surface area contributed by atoms with E-state index in [1.807, 2.05) is 31.2 Å². The minimum Gasteiger partial charge on any atom is -0.478 e. The normalized spacial score (nSPS) is 11.9. The predicted octanol–water partition coefficient (Wildman–Crippen LogP) is 5.53. The third kappa shape index (κ3) is 7.20. The maximum Gasteiger partial charge on any atom is 0.202 e. The predicted molar refractivity (Wildman–Crippen MR) is 102 cm³/mol. The first-order chi connectivity index (χ1) is 11.3. The molecular formula is C16H14Cl2N2O2S2Y-2. The molecule has 0 aliphatic carbocycles. The molecule has 2 aromatic carbocycles. The van der Waals surface area contributed by atoms with Gasteiger partial charge in [0.1, 0.15) is 0 Å². The van der Waals surface area contributed by atoms with E-state index in [-0.39, 0.29) is 52.8 Å². The number of nitrogens with one attached hydrogen (secondary N) is 1. The van der Waals surface area contributed by atoms with Crippen molar-refractivity contribution in [2.24, 2.45) is 4.40 Å². The number of aryl methyl sites for hydroxylation is 1. The number of amidine groups is 1. The average Bonchev–Trinajstić information content (AvgIpc) is 2.49. The number of hydrogen-bond donors (Lipinski definition) is 0. The zero-order chi connectivity index (χ0) is 17.7. The molecule has 0 atom stereocenters. The first-order valence-electron chi connectivity index (χ1n) is 6.83. The summed E-state index contributed by atoms with van der Waals surface area (Å²) in [6.45, 7) is 2.00. The van der Waals surface area contributed by atoms with Gasteiger partial charge in [-0.05, 0) is 25.1 Å². The molecule has 0 aromatic heterocycles. The van der Waals surface area contributed by atoms with Gasteiger partial charge < -0.3 is 21.9 Å². The molecule has 4 nitrogen and oxygen atoms in total. The monoisotopic (exact) mass is 489 g/mol. The SMILES string of the molecule is Cc1cccc(C[CH-]S/C([NH-])=N/S(=O)(=O)c2ccc(Cl)c(Cl)c2)c1.[Y]. The first kappa shape index (κ1) is 22.9. The first-order valence-corrected chi connectivity index (χ1v) is 9.91. The van der Waals surface area contributed by atoms with Crippen molar-refractivity contribution in [2.75, 3.05) is 0 Å². The van der Waals surface area contributed by atoms with Crippen molar-refractivity contribution in [3.63, 3.8) is 0 Å². The Kier molecular flexibility index (Phi) is 9.44. The van der Waals surface area contributed by atoms with Crippen LogP contribution >= 0.6 is 35.0 Å². The molecule has 0 heterocycles. The molecule has 0 aliphatic rings. The van der Waals surface area contributed by atoms with E-state index in [0.717, 1.165) is 22.9 Å². The molecule has 0 spiro atoms. The zero-order valence-electron chi connectivity index (χ0n) is 13.2. The Labute approximate surface area is 187 Å². The van der Waals surface area contributed by atoms with Crippen molar-refractivity contribution in [1.29, 1.82) is 0 Å². The van der Waals surface area contributed by atoms with E-state index in [1.54, 1.807) is 5.75 Å². The summed E-state index contributed by atoms with van der Waals surface area (Å²) in [5.41, 5.74) is 9.96. The second kappa shape index (κ2) is 10.3. The molecule has 25 heavy (non-hydrogen) atoms. The standard InChI is InChI=1S/C16H14Cl2N2O2S2.Y/c1-11-3-2-4-12(9-11)7-8-23-16(19)20-24(21,22)13-5-6-14(17)15(18)10-13;/h2-6,8-10H,7H2,1H3,(H-,19,20);/q-2;. The van der Waals surface area contributed by atoms with Gasteiger partial charge in [-0.15, -0.1) is 6.42 Å². The zero-order valence-corrected chi connectivity index (χ0v) is 19.2. The van der Waals surface area contributed by atoms with Gasteiger partial charge in [0.25, 0.3) is 0 Å². The minimum atomic E-state index is -3.98. The van der Waals surface area contributed by atoms with Crippen molar-refractivity contribution in [3.05, 3.63) is 75.1 Å². The molecule has 131 valence electrons. The minimum absolute atomic E-state index is 0. The van der Waals surface area contributed by atoms with Gasteiger partial charge in [0.05, 0.1) is 14.9 Å². The molecule has 0 fully saturated rings. The van der Waals surface area contributed by atoms with Gasteiger partial charge in [-0.3, -0.25) is 5.75 Å². The van der Waals surface area contributed by atoms with Crippen LogP contribution < -0.4 is 0 Å². The third-order valence-corrected chi connectivity index (χ3v) is 5.76. The Morgan fingerprint density at radius 2 is 1.92 bits per heavy atom. The Balaban J connectivity index is 0.00000312. The van der Waals surface area contributed by atoms with Gasteiger partial charge in [-0.1, -0.05) is 63.8 Å². The fourth-order valence-corrected chi connectivity index (χ4v) is 3.97. The number of hydrogen-bond acceptors (Lipinski definition) is 3. The summed E-state index contributed by atoms with van der Waals surface area (Å²) in [5.74, 6) is 1.74. The number of sulfonamides is 1. The van der Waals surface area contributed by atoms with Gasteiger partial charge in [0.15, 0.2) is 0 Å². The summed E-state index contributed by atoms with van der Waals surface area (Å²) in [6.07, 6.45) is 0.608. The molecule has 0 aliphatic heterocycles. The fraction of sp³-hybridized carbons (Fsp3) is 0.125. The Hall–Kier alpha value is -0.106. The second-order valence-electron chi connectivity index (χ2n) is 4.93. The summed E-state index contributed by atoms with van der Waals surface area (Å²) in [5, 5.41) is 0.0680. The van der Waals surface area contributed by atoms with Crippen LogP contribution in [-0.2, 0) is 49.2 Å². The number of benzene rings is 2. The van der Waals surface area contributed by atoms with E-state index >= 15 is 0 Å². The largest absolute Gasteiger partial charge is 0.478 e. The average molecular weight is 490 g/mol. The molecule has 1 N–H and O–H groups in total. The third-order valence-electron chi connectivity index (χ3n) is 2.99. The molecule has 2 rings (SSSR count). The van der Waals surface area contributed by atoms with Crippen LogP contribution in [0.3, 0.4) is 0 Å². The summed E-state index contributed by atoms with van der Waals surface area (Å²) < 4.78 is 27.8. The van der Waals surface area contributed by atoms with E-state index in [9.17, 15) is 8.42 Å². The second-order valence-corrected chi connectivity index (χ2v) is 8.30. The molecule has 9 heteroatoms. The van der Waals surface area contributed by atoms with E-state index in [0.29, 0.717) is 6.42 Å². The molecule has 2 aromatic rings. The van der Waals surface area contributed by atoms with Crippen molar-refractivity contribution in [2.45, 2.75) is 18.2 Å². The van der Waals surface area contributed by atoms with E-state index in [2.05, 4.69) is 4.40 Å². The molecule has 0 saturated heterocycles. The van der Waals surface area contributed by atoms with Crippen LogP contribution in [-0.4, -0.2) is 13.6 Å². The summed E-state index contributed by atoms with van der Waals surface area (Å²) in [4.78, 5) is -0.0964. The van der Waals surface area contributed by atoms with Crippen LogP contribution in [0.25, 0.3) is 5.73 Å². The summed E-state index contributed by atoms with van der Waals surface area (Å²) in [6, 6.07) is 11.9. The summed E-state index contributed by atoms with van der Waals surface area (Å²) in [7, 11) is -3.98. The Morgan fingerprint density at radius 3 is 2.56 bits per heavy atom. The van der Waals surface area contributed by atoms with Crippen LogP contribution in [0.5, 0.6) is 0 Å². The fourth-order valence-electron chi connectivity index (χ4n) is 1.88. The van der Waals surface area contributed by atoms with Gasteiger partial charge in [-0.2, -0.15) is 0 Å². The number of halogens is 2. The van der Waals surface area contributed by atoms with Crippen LogP contribution in [0.2, 0.25) is 10.0 Å². The van der Waals surface area contributed by atoms with E-state index in [1.165, 1.54) is 18.2 Å². The molecule has 0 amide bonds. The van der Waals surface area contributed by atoms with Crippen LogP contribution in [0, 0.1) is 12.7 Å². The van der Waals surface area contributed by atoms with Crippen molar-refractivity contribution >= 4 is 50.2 Å². The quantitative estimate of drug-likeness (QED) is 0.314. The van der Waals surface area contributed by atoms with Crippen molar-refractivity contribution < 1.29 is 41.1 Å². The van der Waals surface area contributed by atoms with E-state index < -0.39 is 10.0 Å². The van der Waals surface area contributed by atoms with Gasteiger partial charge in [0.2, 0.25) is 10.0 Å². The summed E-state index contributed by atoms with van der Waals surface area (Å²) >= 11 is 12.5. The number of nitrogens with zero attached hydrogens (tertiary/aromatic N) is 1. The molecule has 0 saturated carbocycles.